The molecule has 0 radical (unpaired) electrons. The van der Waals surface area contributed by atoms with Crippen LogP contribution in [0.15, 0.2) is 30.9 Å². The molecule has 4 aromatic rings. The summed E-state index contributed by atoms with van der Waals surface area (Å²) in [5.41, 5.74) is 2.84. The van der Waals surface area contributed by atoms with Gasteiger partial charge in [-0.15, -0.1) is 11.3 Å². The molecule has 0 bridgehead atoms. The maximum absolute atomic E-state index is 10.6. The van der Waals surface area contributed by atoms with Gasteiger partial charge in [-0.2, -0.15) is 5.10 Å². The van der Waals surface area contributed by atoms with Crippen LogP contribution >= 0.6 is 22.9 Å². The number of likely N-dealkylation sites (N-methyl/N-ethyl adjacent to an activating group) is 1. The van der Waals surface area contributed by atoms with E-state index in [1.165, 1.54) is 11.3 Å². The maximum atomic E-state index is 10.6. The number of H-pyrrole nitrogens is 1. The third kappa shape index (κ3) is 3.43. The van der Waals surface area contributed by atoms with E-state index in [2.05, 4.69) is 31.0 Å². The van der Waals surface area contributed by atoms with Gasteiger partial charge in [0.1, 0.15) is 16.3 Å². The van der Waals surface area contributed by atoms with Crippen molar-refractivity contribution in [3.63, 3.8) is 0 Å². The molecule has 0 atom stereocenters. The van der Waals surface area contributed by atoms with Crippen LogP contribution in [0.2, 0.25) is 5.02 Å². The molecular formula is C21H23ClN6OS. The standard InChI is InChI=1S/C21H23ClN6OS/c1-27(2)6-7-28-12-13(9-25-28)16-8-14-18(15(22)10-23-19(14)26-16)17-11-24-20(30-17)21(29)4-3-5-21/h8-12,29H,3-7H2,1-2H3,(H,23,26). The van der Waals surface area contributed by atoms with E-state index in [0.29, 0.717) is 5.02 Å². The van der Waals surface area contributed by atoms with Gasteiger partial charge in [0.25, 0.3) is 0 Å². The molecule has 7 nitrogen and oxygen atoms in total. The Morgan fingerprint density at radius 3 is 2.83 bits per heavy atom. The van der Waals surface area contributed by atoms with Crippen LogP contribution in [0.5, 0.6) is 0 Å². The molecular weight excluding hydrogens is 420 g/mol. The first-order chi connectivity index (χ1) is 14.4. The highest BCUT2D eigenvalue weighted by Gasteiger charge is 2.39. The quantitative estimate of drug-likeness (QED) is 0.469. The van der Waals surface area contributed by atoms with Crippen molar-refractivity contribution in [1.82, 2.24) is 29.6 Å². The lowest BCUT2D eigenvalue weighted by Crippen LogP contribution is -2.33. The van der Waals surface area contributed by atoms with Crippen LogP contribution in [-0.4, -0.2) is 55.4 Å². The van der Waals surface area contributed by atoms with Crippen LogP contribution in [0.25, 0.3) is 32.7 Å². The summed E-state index contributed by atoms with van der Waals surface area (Å²) in [7, 11) is 4.10. The second-order valence-electron chi connectivity index (χ2n) is 8.14. The molecule has 5 rings (SSSR count). The Morgan fingerprint density at radius 1 is 1.27 bits per heavy atom. The van der Waals surface area contributed by atoms with Crippen molar-refractivity contribution in [1.29, 1.82) is 0 Å². The Kier molecular flexibility index (Phi) is 4.89. The van der Waals surface area contributed by atoms with Gasteiger partial charge in [0, 0.05) is 41.6 Å². The number of aromatic nitrogens is 5. The summed E-state index contributed by atoms with van der Waals surface area (Å²) in [6.45, 7) is 1.75. The molecule has 156 valence electrons. The van der Waals surface area contributed by atoms with Gasteiger partial charge in [-0.1, -0.05) is 11.6 Å². The molecule has 1 saturated carbocycles. The number of thiazole rings is 1. The monoisotopic (exact) mass is 442 g/mol. The Morgan fingerprint density at radius 2 is 2.10 bits per heavy atom. The molecule has 2 N–H and O–H groups in total. The van der Waals surface area contributed by atoms with Gasteiger partial charge in [-0.05, 0) is 39.4 Å². The minimum Gasteiger partial charge on any atom is -0.383 e. The normalized spacial score (nSPS) is 15.8. The van der Waals surface area contributed by atoms with E-state index in [-0.39, 0.29) is 0 Å². The summed E-state index contributed by atoms with van der Waals surface area (Å²) in [5.74, 6) is 0. The fourth-order valence-electron chi connectivity index (χ4n) is 3.71. The zero-order valence-corrected chi connectivity index (χ0v) is 18.5. The lowest BCUT2D eigenvalue weighted by atomic mass is 9.81. The lowest BCUT2D eigenvalue weighted by molar-refractivity contribution is -0.0389. The molecule has 9 heteroatoms. The van der Waals surface area contributed by atoms with Crippen LogP contribution in [0, 0.1) is 0 Å². The predicted molar refractivity (Wildman–Crippen MR) is 120 cm³/mol. The number of nitrogens with zero attached hydrogens (tertiary/aromatic N) is 5. The molecule has 0 saturated heterocycles. The third-order valence-corrected chi connectivity index (χ3v) is 7.16. The zero-order valence-electron chi connectivity index (χ0n) is 16.9. The largest absolute Gasteiger partial charge is 0.383 e. The molecule has 4 aromatic heterocycles. The van der Waals surface area contributed by atoms with Crippen molar-refractivity contribution in [2.45, 2.75) is 31.4 Å². The van der Waals surface area contributed by atoms with Gasteiger partial charge in [0.15, 0.2) is 0 Å². The van der Waals surface area contributed by atoms with E-state index in [9.17, 15) is 5.11 Å². The first-order valence-electron chi connectivity index (χ1n) is 9.97. The first-order valence-corrected chi connectivity index (χ1v) is 11.2. The van der Waals surface area contributed by atoms with Gasteiger partial charge in [-0.3, -0.25) is 4.68 Å². The second kappa shape index (κ2) is 7.46. The Labute approximate surface area is 183 Å². The molecule has 4 heterocycles. The van der Waals surface area contributed by atoms with Crippen molar-refractivity contribution in [2.24, 2.45) is 0 Å². The minimum absolute atomic E-state index is 0.575. The Balaban J connectivity index is 1.51. The summed E-state index contributed by atoms with van der Waals surface area (Å²) in [4.78, 5) is 15.4. The molecule has 0 unspecified atom stereocenters. The van der Waals surface area contributed by atoms with Crippen LogP contribution in [-0.2, 0) is 12.1 Å². The van der Waals surface area contributed by atoms with Gasteiger partial charge in [0.05, 0.1) is 28.3 Å². The van der Waals surface area contributed by atoms with Crippen molar-refractivity contribution in [3.8, 4) is 21.7 Å². The summed E-state index contributed by atoms with van der Waals surface area (Å²) in [5, 5.41) is 17.4. The number of fused-ring (bicyclic) bond motifs is 1. The zero-order chi connectivity index (χ0) is 20.9. The third-order valence-electron chi connectivity index (χ3n) is 5.66. The average molecular weight is 443 g/mol. The van der Waals surface area contributed by atoms with E-state index < -0.39 is 5.60 Å². The van der Waals surface area contributed by atoms with Crippen molar-refractivity contribution in [3.05, 3.63) is 40.9 Å². The average Bonchev–Trinajstić information content (AvgIpc) is 3.43. The van der Waals surface area contributed by atoms with Gasteiger partial charge >= 0.3 is 0 Å². The highest BCUT2D eigenvalue weighted by molar-refractivity contribution is 7.15. The molecule has 0 spiro atoms. The van der Waals surface area contributed by atoms with Crippen LogP contribution < -0.4 is 0 Å². The van der Waals surface area contributed by atoms with Crippen molar-refractivity contribution >= 4 is 34.0 Å². The summed E-state index contributed by atoms with van der Waals surface area (Å²) < 4.78 is 1.94. The number of nitrogens with one attached hydrogen (secondary N) is 1. The number of pyridine rings is 1. The molecule has 30 heavy (non-hydrogen) atoms. The van der Waals surface area contributed by atoms with Crippen molar-refractivity contribution < 1.29 is 5.11 Å². The summed E-state index contributed by atoms with van der Waals surface area (Å²) in [6.07, 6.45) is 9.94. The highest BCUT2D eigenvalue weighted by Crippen LogP contribution is 2.46. The van der Waals surface area contributed by atoms with Crippen LogP contribution in [0.4, 0.5) is 0 Å². The summed E-state index contributed by atoms with van der Waals surface area (Å²) >= 11 is 8.07. The molecule has 1 aliphatic carbocycles. The maximum Gasteiger partial charge on any atom is 0.138 e. The number of rotatable bonds is 6. The number of aromatic amines is 1. The number of hydrogen-bond donors (Lipinski definition) is 2. The number of aliphatic hydroxyl groups is 1. The first kappa shape index (κ1) is 19.7. The SMILES string of the molecule is CN(C)CCn1cc(-c2cc3c(-c4cnc(C5(O)CCC5)s4)c(Cl)cnc3[nH]2)cn1. The highest BCUT2D eigenvalue weighted by atomic mass is 35.5. The van der Waals surface area contributed by atoms with E-state index in [1.807, 2.05) is 37.4 Å². The van der Waals surface area contributed by atoms with Crippen molar-refractivity contribution in [2.75, 3.05) is 20.6 Å². The number of hydrogen-bond acceptors (Lipinski definition) is 6. The molecule has 0 aromatic carbocycles. The van der Waals surface area contributed by atoms with Gasteiger partial charge < -0.3 is 15.0 Å². The molecule has 1 fully saturated rings. The topological polar surface area (TPSA) is 82.9 Å². The lowest BCUT2D eigenvalue weighted by Gasteiger charge is -2.34. The predicted octanol–water partition coefficient (Wildman–Crippen LogP) is 4.14. The Hall–Kier alpha value is -2.26. The van der Waals surface area contributed by atoms with E-state index in [1.54, 1.807) is 6.20 Å². The van der Waals surface area contributed by atoms with Gasteiger partial charge in [-0.25, -0.2) is 9.97 Å². The van der Waals surface area contributed by atoms with Gasteiger partial charge in [0.2, 0.25) is 0 Å². The Bertz CT molecular complexity index is 1210. The molecule has 0 amide bonds. The van der Waals surface area contributed by atoms with E-state index in [4.69, 9.17) is 11.6 Å². The second-order valence-corrected chi connectivity index (χ2v) is 9.57. The van der Waals surface area contributed by atoms with E-state index in [0.717, 1.165) is 70.1 Å². The fourth-order valence-corrected chi connectivity index (χ4v) is 5.16. The minimum atomic E-state index is -0.772. The van der Waals surface area contributed by atoms with Crippen LogP contribution in [0.1, 0.15) is 24.3 Å². The van der Waals surface area contributed by atoms with Crippen LogP contribution in [0.3, 0.4) is 0 Å². The summed E-state index contributed by atoms with van der Waals surface area (Å²) in [6, 6.07) is 2.06. The molecule has 1 aliphatic rings. The number of halogens is 1. The fraction of sp³-hybridized carbons (Fsp3) is 0.381. The molecule has 0 aliphatic heterocycles. The van der Waals surface area contributed by atoms with E-state index >= 15 is 0 Å². The smallest absolute Gasteiger partial charge is 0.138 e.